The van der Waals surface area contributed by atoms with Gasteiger partial charge in [-0.3, -0.25) is 14.4 Å². The molecule has 0 heterocycles. The molecular formula is C57H90O6. The number of ether oxygens (including phenoxy) is 3. The normalized spacial score (nSPS) is 13.1. The minimum atomic E-state index is -0.820. The van der Waals surface area contributed by atoms with E-state index in [0.717, 1.165) is 109 Å². The SMILES string of the molecule is CC\C=C/C=C\C=C/CCCCCCCCCC(=O)OC(COC(=O)CC/C=C\C/C=C\C/C=C\C/C=C\C/C=C\CC)COC(=O)CCCCCCCCC/C=C\C/C=C\CC. The Labute approximate surface area is 386 Å². The summed E-state index contributed by atoms with van der Waals surface area (Å²) in [7, 11) is 0. The number of hydrogen-bond acceptors (Lipinski definition) is 6. The number of unbranched alkanes of at least 4 members (excludes halogenated alkanes) is 14. The van der Waals surface area contributed by atoms with E-state index in [2.05, 4.69) is 130 Å². The summed E-state index contributed by atoms with van der Waals surface area (Å²) in [5.41, 5.74) is 0. The fourth-order valence-corrected chi connectivity index (χ4v) is 6.35. The van der Waals surface area contributed by atoms with Gasteiger partial charge in [-0.25, -0.2) is 0 Å². The summed E-state index contributed by atoms with van der Waals surface area (Å²) in [5, 5.41) is 0. The molecule has 0 radical (unpaired) electrons. The van der Waals surface area contributed by atoms with Crippen molar-refractivity contribution in [1.29, 1.82) is 0 Å². The highest BCUT2D eigenvalue weighted by Gasteiger charge is 2.19. The van der Waals surface area contributed by atoms with Crippen molar-refractivity contribution in [2.75, 3.05) is 13.2 Å². The van der Waals surface area contributed by atoms with Gasteiger partial charge in [0, 0.05) is 19.3 Å². The summed E-state index contributed by atoms with van der Waals surface area (Å²) in [5.74, 6) is -1.03. The summed E-state index contributed by atoms with van der Waals surface area (Å²) in [6.07, 6.45) is 69.0. The molecule has 0 fully saturated rings. The van der Waals surface area contributed by atoms with Gasteiger partial charge in [-0.1, -0.05) is 206 Å². The fraction of sp³-hybridized carbons (Fsp3) is 0.596. The van der Waals surface area contributed by atoms with Crippen LogP contribution in [-0.2, 0) is 28.6 Å². The van der Waals surface area contributed by atoms with Crippen LogP contribution in [0.3, 0.4) is 0 Å². The van der Waals surface area contributed by atoms with Gasteiger partial charge in [0.1, 0.15) is 13.2 Å². The molecular weight excluding hydrogens is 781 g/mol. The van der Waals surface area contributed by atoms with Crippen molar-refractivity contribution in [3.8, 4) is 0 Å². The second-order valence-corrected chi connectivity index (χ2v) is 16.0. The fourth-order valence-electron chi connectivity index (χ4n) is 6.35. The average molecular weight is 871 g/mol. The molecule has 0 aromatic rings. The van der Waals surface area contributed by atoms with Crippen LogP contribution in [0.4, 0.5) is 0 Å². The van der Waals surface area contributed by atoms with Gasteiger partial charge in [0.25, 0.3) is 0 Å². The zero-order valence-electron chi connectivity index (χ0n) is 40.3. The summed E-state index contributed by atoms with van der Waals surface area (Å²) in [4.78, 5) is 37.9. The molecule has 1 unspecified atom stereocenters. The highest BCUT2D eigenvalue weighted by Crippen LogP contribution is 2.13. The Kier molecular flexibility index (Phi) is 47.1. The Balaban J connectivity index is 4.54. The van der Waals surface area contributed by atoms with Crippen molar-refractivity contribution >= 4 is 17.9 Å². The lowest BCUT2D eigenvalue weighted by Gasteiger charge is -2.18. The van der Waals surface area contributed by atoms with Crippen molar-refractivity contribution in [2.24, 2.45) is 0 Å². The first-order chi connectivity index (χ1) is 31.0. The van der Waals surface area contributed by atoms with Crippen LogP contribution in [0.25, 0.3) is 0 Å². The van der Waals surface area contributed by atoms with Crippen LogP contribution < -0.4 is 0 Å². The van der Waals surface area contributed by atoms with E-state index >= 15 is 0 Å². The minimum absolute atomic E-state index is 0.114. The monoisotopic (exact) mass is 871 g/mol. The third-order valence-electron chi connectivity index (χ3n) is 10.0. The molecule has 0 spiro atoms. The van der Waals surface area contributed by atoms with Gasteiger partial charge in [0.2, 0.25) is 0 Å². The predicted octanol–water partition coefficient (Wildman–Crippen LogP) is 16.5. The summed E-state index contributed by atoms with van der Waals surface area (Å²) < 4.78 is 16.7. The zero-order valence-corrected chi connectivity index (χ0v) is 40.3. The molecule has 0 aliphatic rings. The maximum atomic E-state index is 12.8. The Morgan fingerprint density at radius 2 is 0.683 bits per heavy atom. The molecule has 0 aromatic carbocycles. The zero-order chi connectivity index (χ0) is 45.8. The van der Waals surface area contributed by atoms with Crippen molar-refractivity contribution in [3.63, 3.8) is 0 Å². The Morgan fingerprint density at radius 3 is 1.16 bits per heavy atom. The van der Waals surface area contributed by atoms with Gasteiger partial charge in [-0.05, 0) is 96.3 Å². The maximum Gasteiger partial charge on any atom is 0.306 e. The van der Waals surface area contributed by atoms with Crippen LogP contribution in [0.15, 0.2) is 122 Å². The molecule has 6 heteroatoms. The van der Waals surface area contributed by atoms with Crippen molar-refractivity contribution in [3.05, 3.63) is 122 Å². The molecule has 0 aromatic heterocycles. The third-order valence-corrected chi connectivity index (χ3v) is 10.0. The smallest absolute Gasteiger partial charge is 0.306 e. The number of carbonyl (C=O) groups is 3. The van der Waals surface area contributed by atoms with Crippen LogP contribution in [-0.4, -0.2) is 37.2 Å². The predicted molar refractivity (Wildman–Crippen MR) is 269 cm³/mol. The first-order valence-electron chi connectivity index (χ1n) is 25.1. The highest BCUT2D eigenvalue weighted by atomic mass is 16.6. The molecule has 0 aliphatic carbocycles. The number of rotatable bonds is 43. The molecule has 63 heavy (non-hydrogen) atoms. The Morgan fingerprint density at radius 1 is 0.333 bits per heavy atom. The molecule has 0 aliphatic heterocycles. The third kappa shape index (κ3) is 48.7. The minimum Gasteiger partial charge on any atom is -0.462 e. The Bertz CT molecular complexity index is 1370. The topological polar surface area (TPSA) is 78.9 Å². The van der Waals surface area contributed by atoms with Crippen LogP contribution in [0.1, 0.15) is 201 Å². The van der Waals surface area contributed by atoms with E-state index in [-0.39, 0.29) is 37.5 Å². The maximum absolute atomic E-state index is 12.8. The number of carbonyl (C=O) groups excluding carboxylic acids is 3. The summed E-state index contributed by atoms with van der Waals surface area (Å²) >= 11 is 0. The molecule has 0 saturated carbocycles. The highest BCUT2D eigenvalue weighted by molar-refractivity contribution is 5.71. The van der Waals surface area contributed by atoms with E-state index in [1.807, 2.05) is 12.2 Å². The van der Waals surface area contributed by atoms with Crippen molar-refractivity contribution in [1.82, 2.24) is 0 Å². The standard InChI is InChI=1S/C57H90O6/c1-4-7-10-13-16-19-22-25-28-30-32-35-38-41-44-47-50-56(59)62-53-54(52-61-55(58)49-46-43-40-37-34-31-27-24-21-18-15-12-9-6-3)63-57(60)51-48-45-42-39-36-33-29-26-23-20-17-14-11-8-5-2/h7-12,14,16-21,23,25,28,32,35,41,44,54H,4-6,13,15,22,24,26-27,29-31,33-34,36-40,42-43,45-53H2,1-3H3/b10-7-,11-8-,12-9-,17-14-,19-16-,21-18-,23-20-,28-25-,35-32-,44-41-. The second-order valence-electron chi connectivity index (χ2n) is 16.0. The van der Waals surface area contributed by atoms with E-state index in [0.29, 0.717) is 19.3 Å². The van der Waals surface area contributed by atoms with E-state index < -0.39 is 6.10 Å². The van der Waals surface area contributed by atoms with Crippen LogP contribution >= 0.6 is 0 Å². The first kappa shape index (κ1) is 58.8. The van der Waals surface area contributed by atoms with Crippen molar-refractivity contribution in [2.45, 2.75) is 207 Å². The lowest BCUT2D eigenvalue weighted by Crippen LogP contribution is -2.30. The van der Waals surface area contributed by atoms with E-state index in [4.69, 9.17) is 14.2 Å². The van der Waals surface area contributed by atoms with Crippen molar-refractivity contribution < 1.29 is 28.6 Å². The van der Waals surface area contributed by atoms with Crippen LogP contribution in [0, 0.1) is 0 Å². The molecule has 0 rings (SSSR count). The van der Waals surface area contributed by atoms with Gasteiger partial charge in [-0.2, -0.15) is 0 Å². The molecule has 0 saturated heterocycles. The number of allylic oxidation sites excluding steroid dienone is 20. The van der Waals surface area contributed by atoms with E-state index in [9.17, 15) is 14.4 Å². The van der Waals surface area contributed by atoms with Crippen LogP contribution in [0.5, 0.6) is 0 Å². The largest absolute Gasteiger partial charge is 0.462 e. The van der Waals surface area contributed by atoms with Gasteiger partial charge in [0.15, 0.2) is 6.10 Å². The summed E-state index contributed by atoms with van der Waals surface area (Å²) in [6.45, 7) is 6.18. The van der Waals surface area contributed by atoms with Crippen LogP contribution in [0.2, 0.25) is 0 Å². The van der Waals surface area contributed by atoms with Gasteiger partial charge >= 0.3 is 17.9 Å². The molecule has 1 atom stereocenters. The molecule has 6 nitrogen and oxygen atoms in total. The van der Waals surface area contributed by atoms with E-state index in [1.54, 1.807) is 0 Å². The lowest BCUT2D eigenvalue weighted by atomic mass is 10.1. The molecule has 0 N–H and O–H groups in total. The quantitative estimate of drug-likeness (QED) is 0.0200. The average Bonchev–Trinajstić information content (AvgIpc) is 3.28. The first-order valence-corrected chi connectivity index (χ1v) is 25.1. The van der Waals surface area contributed by atoms with E-state index in [1.165, 1.54) is 44.9 Å². The molecule has 0 amide bonds. The number of hydrogen-bond donors (Lipinski definition) is 0. The molecule has 354 valence electrons. The Hall–Kier alpha value is -4.19. The summed E-state index contributed by atoms with van der Waals surface area (Å²) in [6, 6.07) is 0. The lowest BCUT2D eigenvalue weighted by molar-refractivity contribution is -0.166. The van der Waals surface area contributed by atoms with Gasteiger partial charge < -0.3 is 14.2 Å². The van der Waals surface area contributed by atoms with Gasteiger partial charge in [-0.15, -0.1) is 0 Å². The number of esters is 3. The second kappa shape index (κ2) is 50.5. The molecule has 0 bridgehead atoms. The van der Waals surface area contributed by atoms with Gasteiger partial charge in [0.05, 0.1) is 0 Å².